The van der Waals surface area contributed by atoms with Gasteiger partial charge in [-0.2, -0.15) is 0 Å². The van der Waals surface area contributed by atoms with E-state index in [2.05, 4.69) is 6.07 Å². The number of rotatable bonds is 5. The Labute approximate surface area is 104 Å². The molecule has 17 heavy (non-hydrogen) atoms. The zero-order valence-corrected chi connectivity index (χ0v) is 11.1. The van der Waals surface area contributed by atoms with Gasteiger partial charge in [-0.25, -0.2) is 0 Å². The van der Waals surface area contributed by atoms with Crippen molar-refractivity contribution in [2.45, 2.75) is 46.4 Å². The van der Waals surface area contributed by atoms with E-state index in [1.165, 1.54) is 0 Å². The maximum absolute atomic E-state index is 9.84. The van der Waals surface area contributed by atoms with Gasteiger partial charge in [0, 0.05) is 0 Å². The van der Waals surface area contributed by atoms with Gasteiger partial charge < -0.3 is 9.84 Å². The first-order valence-electron chi connectivity index (χ1n) is 6.07. The predicted octanol–water partition coefficient (Wildman–Crippen LogP) is 2.37. The maximum atomic E-state index is 9.84. The lowest BCUT2D eigenvalue weighted by atomic mass is 10.1. The fourth-order valence-electron chi connectivity index (χ4n) is 1.85. The van der Waals surface area contributed by atoms with Crippen LogP contribution in [0.2, 0.25) is 0 Å². The van der Waals surface area contributed by atoms with E-state index in [0.29, 0.717) is 12.3 Å². The van der Waals surface area contributed by atoms with Gasteiger partial charge in [-0.15, -0.1) is 0 Å². The highest BCUT2D eigenvalue weighted by molar-refractivity contribution is 5.33. The average Bonchev–Trinajstić information content (AvgIpc) is 2.14. The Bertz CT molecular complexity index is 343. The van der Waals surface area contributed by atoms with E-state index in [1.807, 2.05) is 39.8 Å². The fraction of sp³-hybridized carbons (Fsp3) is 0.571. The smallest absolute Gasteiger partial charge is 0.173 e. The van der Waals surface area contributed by atoms with Crippen LogP contribution in [0.3, 0.4) is 0 Å². The Kier molecular flexibility index (Phi) is 4.97. The molecule has 1 rings (SSSR count). The molecule has 0 bridgehead atoms. The summed E-state index contributed by atoms with van der Waals surface area (Å²) in [5, 5.41) is 9.84. The molecular formula is C14H23NO2. The summed E-state index contributed by atoms with van der Waals surface area (Å²) in [6, 6.07) is 5.92. The first kappa shape index (κ1) is 14.0. The number of aliphatic hydroxyl groups is 1. The molecule has 0 radical (unpaired) electrons. The van der Waals surface area contributed by atoms with Gasteiger partial charge in [0.1, 0.15) is 11.9 Å². The number of hydrogen-bond acceptors (Lipinski definition) is 3. The highest BCUT2D eigenvalue weighted by atomic mass is 16.5. The quantitative estimate of drug-likeness (QED) is 0.773. The summed E-state index contributed by atoms with van der Waals surface area (Å²) in [5.74, 6) is 1.12. The van der Waals surface area contributed by atoms with E-state index in [-0.39, 0.29) is 0 Å². The molecule has 96 valence electrons. The van der Waals surface area contributed by atoms with Gasteiger partial charge in [0.2, 0.25) is 0 Å². The molecule has 0 aliphatic heterocycles. The molecule has 0 saturated heterocycles. The van der Waals surface area contributed by atoms with Crippen molar-refractivity contribution in [3.63, 3.8) is 0 Å². The van der Waals surface area contributed by atoms with E-state index in [9.17, 15) is 5.11 Å². The van der Waals surface area contributed by atoms with Crippen LogP contribution in [0, 0.1) is 19.8 Å². The van der Waals surface area contributed by atoms with Crippen molar-refractivity contribution in [3.8, 4) is 5.75 Å². The molecule has 3 heteroatoms. The van der Waals surface area contributed by atoms with Crippen molar-refractivity contribution < 1.29 is 9.84 Å². The lowest BCUT2D eigenvalue weighted by Crippen LogP contribution is -2.40. The zero-order valence-electron chi connectivity index (χ0n) is 11.1. The largest absolute Gasteiger partial charge is 0.473 e. The van der Waals surface area contributed by atoms with E-state index in [0.717, 1.165) is 16.9 Å². The van der Waals surface area contributed by atoms with Gasteiger partial charge >= 0.3 is 0 Å². The second-order valence-electron chi connectivity index (χ2n) is 5.10. The van der Waals surface area contributed by atoms with E-state index in [4.69, 9.17) is 10.5 Å². The second-order valence-corrected chi connectivity index (χ2v) is 5.10. The molecule has 0 aliphatic rings. The summed E-state index contributed by atoms with van der Waals surface area (Å²) >= 11 is 0. The lowest BCUT2D eigenvalue weighted by Gasteiger charge is -2.22. The molecular weight excluding hydrogens is 214 g/mol. The van der Waals surface area contributed by atoms with Crippen LogP contribution < -0.4 is 10.5 Å². The van der Waals surface area contributed by atoms with Crippen molar-refractivity contribution in [1.82, 2.24) is 0 Å². The van der Waals surface area contributed by atoms with Gasteiger partial charge in [-0.3, -0.25) is 5.73 Å². The van der Waals surface area contributed by atoms with Crippen molar-refractivity contribution in [1.29, 1.82) is 0 Å². The Morgan fingerprint density at radius 2 is 1.71 bits per heavy atom. The monoisotopic (exact) mass is 237 g/mol. The third-order valence-electron chi connectivity index (χ3n) is 2.56. The average molecular weight is 237 g/mol. The minimum Gasteiger partial charge on any atom is -0.473 e. The van der Waals surface area contributed by atoms with Crippen LogP contribution in [-0.2, 0) is 0 Å². The first-order valence-corrected chi connectivity index (χ1v) is 6.07. The topological polar surface area (TPSA) is 55.5 Å². The lowest BCUT2D eigenvalue weighted by molar-refractivity contribution is 0.0268. The predicted molar refractivity (Wildman–Crippen MR) is 70.0 cm³/mol. The SMILES string of the molecule is Cc1cc(C)cc(OC(N)C(O)CC(C)C)c1. The van der Waals surface area contributed by atoms with Crippen LogP contribution >= 0.6 is 0 Å². The van der Waals surface area contributed by atoms with E-state index < -0.39 is 12.3 Å². The molecule has 3 nitrogen and oxygen atoms in total. The molecule has 0 spiro atoms. The van der Waals surface area contributed by atoms with Crippen LogP contribution in [0.1, 0.15) is 31.4 Å². The number of benzene rings is 1. The van der Waals surface area contributed by atoms with E-state index in [1.54, 1.807) is 0 Å². The van der Waals surface area contributed by atoms with Crippen LogP contribution in [0.4, 0.5) is 0 Å². The molecule has 0 fully saturated rings. The Morgan fingerprint density at radius 3 is 2.18 bits per heavy atom. The van der Waals surface area contributed by atoms with Gasteiger partial charge in [0.25, 0.3) is 0 Å². The number of aryl methyl sites for hydroxylation is 2. The number of aliphatic hydroxyl groups excluding tert-OH is 1. The van der Waals surface area contributed by atoms with Gasteiger partial charge in [0.05, 0.1) is 0 Å². The molecule has 1 aromatic rings. The highest BCUT2D eigenvalue weighted by Crippen LogP contribution is 2.18. The third-order valence-corrected chi connectivity index (χ3v) is 2.56. The number of ether oxygens (including phenoxy) is 1. The summed E-state index contributed by atoms with van der Waals surface area (Å²) in [4.78, 5) is 0. The van der Waals surface area contributed by atoms with Crippen molar-refractivity contribution in [2.75, 3.05) is 0 Å². The molecule has 2 unspecified atom stereocenters. The molecule has 0 heterocycles. The zero-order chi connectivity index (χ0) is 13.0. The third kappa shape index (κ3) is 4.75. The van der Waals surface area contributed by atoms with Crippen molar-refractivity contribution >= 4 is 0 Å². The van der Waals surface area contributed by atoms with Gasteiger partial charge in [0.15, 0.2) is 6.23 Å². The van der Waals surface area contributed by atoms with Gasteiger partial charge in [-0.1, -0.05) is 19.9 Å². The second kappa shape index (κ2) is 6.03. The normalized spacial score (nSPS) is 14.8. The molecule has 0 amide bonds. The van der Waals surface area contributed by atoms with Gasteiger partial charge in [-0.05, 0) is 49.4 Å². The molecule has 2 atom stereocenters. The summed E-state index contributed by atoms with van der Waals surface area (Å²) < 4.78 is 5.57. The molecule has 1 aromatic carbocycles. The molecule has 0 aromatic heterocycles. The van der Waals surface area contributed by atoms with Crippen LogP contribution in [0.25, 0.3) is 0 Å². The minimum atomic E-state index is -0.668. The molecule has 0 aliphatic carbocycles. The highest BCUT2D eigenvalue weighted by Gasteiger charge is 2.17. The van der Waals surface area contributed by atoms with E-state index >= 15 is 0 Å². The standard InChI is InChI=1S/C14H23NO2/c1-9(2)5-13(16)14(15)17-12-7-10(3)6-11(4)8-12/h6-9,13-14,16H,5,15H2,1-4H3. The van der Waals surface area contributed by atoms with Crippen LogP contribution in [0.5, 0.6) is 5.75 Å². The molecule has 3 N–H and O–H groups in total. The molecule has 0 saturated carbocycles. The maximum Gasteiger partial charge on any atom is 0.173 e. The fourth-order valence-corrected chi connectivity index (χ4v) is 1.85. The Balaban J connectivity index is 2.63. The summed E-state index contributed by atoms with van der Waals surface area (Å²) in [6.07, 6.45) is -0.652. The number of nitrogens with two attached hydrogens (primary N) is 1. The summed E-state index contributed by atoms with van der Waals surface area (Å²) in [6.45, 7) is 8.12. The summed E-state index contributed by atoms with van der Waals surface area (Å²) in [7, 11) is 0. The Morgan fingerprint density at radius 1 is 1.18 bits per heavy atom. The van der Waals surface area contributed by atoms with Crippen LogP contribution in [-0.4, -0.2) is 17.4 Å². The minimum absolute atomic E-state index is 0.402. The number of hydrogen-bond donors (Lipinski definition) is 2. The first-order chi connectivity index (χ1) is 7.88. The summed E-state index contributed by atoms with van der Waals surface area (Å²) in [5.41, 5.74) is 8.09. The van der Waals surface area contributed by atoms with Crippen molar-refractivity contribution in [2.24, 2.45) is 11.7 Å². The Hall–Kier alpha value is -1.06. The van der Waals surface area contributed by atoms with Crippen LogP contribution in [0.15, 0.2) is 18.2 Å². The van der Waals surface area contributed by atoms with Crippen molar-refractivity contribution in [3.05, 3.63) is 29.3 Å².